The predicted molar refractivity (Wildman–Crippen MR) is 49.6 cm³/mol. The van der Waals surface area contributed by atoms with Gasteiger partial charge in [-0.15, -0.1) is 0 Å². The maximum absolute atomic E-state index is 12.7. The first-order valence-electron chi connectivity index (χ1n) is 4.36. The molecule has 0 radical (unpaired) electrons. The summed E-state index contributed by atoms with van der Waals surface area (Å²) in [6, 6.07) is 0.121. The molecule has 0 saturated carbocycles. The molecule has 1 unspecified atom stereocenters. The van der Waals surface area contributed by atoms with Crippen LogP contribution in [0, 0.1) is 0 Å². The second kappa shape index (κ2) is 4.29. The number of aromatic nitrogens is 2. The van der Waals surface area contributed by atoms with E-state index in [0.717, 1.165) is 6.92 Å². The maximum Gasteiger partial charge on any atom is 0.270 e. The lowest BCUT2D eigenvalue weighted by atomic mass is 10.2. The minimum Gasteiger partial charge on any atom is -0.342 e. The van der Waals surface area contributed by atoms with Gasteiger partial charge in [-0.2, -0.15) is 0 Å². The van der Waals surface area contributed by atoms with E-state index >= 15 is 0 Å². The molecule has 1 heterocycles. The third-order valence-electron chi connectivity index (χ3n) is 1.92. The summed E-state index contributed by atoms with van der Waals surface area (Å²) in [5.41, 5.74) is 0.0705. The average Bonchev–Trinajstić information content (AvgIpc) is 2.17. The summed E-state index contributed by atoms with van der Waals surface area (Å²) in [5.74, 6) is -3.59. The van der Waals surface area contributed by atoms with Crippen LogP contribution in [0.5, 0.6) is 0 Å². The van der Waals surface area contributed by atoms with Crippen molar-refractivity contribution in [3.05, 3.63) is 24.3 Å². The van der Waals surface area contributed by atoms with Crippen LogP contribution in [0.25, 0.3) is 0 Å². The van der Waals surface area contributed by atoms with Crippen LogP contribution >= 0.6 is 0 Å². The molecule has 0 spiro atoms. The van der Waals surface area contributed by atoms with Gasteiger partial charge in [0.25, 0.3) is 11.8 Å². The molecule has 1 aromatic rings. The molecule has 0 aliphatic heterocycles. The van der Waals surface area contributed by atoms with E-state index < -0.39 is 17.9 Å². The molecule has 0 aliphatic rings. The topological polar surface area (TPSA) is 54.9 Å². The second-order valence-electron chi connectivity index (χ2n) is 3.25. The fourth-order valence-corrected chi connectivity index (χ4v) is 0.822. The van der Waals surface area contributed by atoms with Crippen LogP contribution in [0.1, 0.15) is 24.3 Å². The second-order valence-corrected chi connectivity index (χ2v) is 3.25. The summed E-state index contributed by atoms with van der Waals surface area (Å²) in [4.78, 5) is 18.6. The zero-order valence-electron chi connectivity index (χ0n) is 8.37. The van der Waals surface area contributed by atoms with Crippen molar-refractivity contribution in [3.63, 3.8) is 0 Å². The Balaban J connectivity index is 2.65. The van der Waals surface area contributed by atoms with Gasteiger partial charge >= 0.3 is 0 Å². The number of carbonyl (C=O) groups is 1. The number of nitrogens with one attached hydrogen (secondary N) is 1. The van der Waals surface area contributed by atoms with Gasteiger partial charge in [0.05, 0.1) is 6.04 Å². The molecule has 0 aliphatic carbocycles. The van der Waals surface area contributed by atoms with Crippen LogP contribution in [0.4, 0.5) is 8.78 Å². The molecule has 0 aromatic carbocycles. The predicted octanol–water partition coefficient (Wildman–Crippen LogP) is 1.25. The molecule has 1 N–H and O–H groups in total. The van der Waals surface area contributed by atoms with Crippen molar-refractivity contribution in [2.75, 3.05) is 0 Å². The van der Waals surface area contributed by atoms with Gasteiger partial charge in [0.1, 0.15) is 12.0 Å². The molecule has 1 amide bonds. The van der Waals surface area contributed by atoms with Crippen molar-refractivity contribution >= 4 is 5.91 Å². The largest absolute Gasteiger partial charge is 0.342 e. The highest BCUT2D eigenvalue weighted by atomic mass is 19.3. The first-order chi connectivity index (χ1) is 6.91. The lowest BCUT2D eigenvalue weighted by Crippen LogP contribution is -2.44. The van der Waals surface area contributed by atoms with Crippen molar-refractivity contribution in [3.8, 4) is 0 Å². The van der Waals surface area contributed by atoms with Crippen molar-refractivity contribution in [2.24, 2.45) is 0 Å². The van der Waals surface area contributed by atoms with Crippen molar-refractivity contribution < 1.29 is 13.6 Å². The third-order valence-corrected chi connectivity index (χ3v) is 1.92. The van der Waals surface area contributed by atoms with Gasteiger partial charge in [0.15, 0.2) is 0 Å². The van der Waals surface area contributed by atoms with E-state index in [1.54, 1.807) is 0 Å². The van der Waals surface area contributed by atoms with Gasteiger partial charge in [-0.1, -0.05) is 0 Å². The maximum atomic E-state index is 12.7. The lowest BCUT2D eigenvalue weighted by molar-refractivity contribution is -0.0108. The van der Waals surface area contributed by atoms with E-state index in [9.17, 15) is 13.6 Å². The summed E-state index contributed by atoms with van der Waals surface area (Å²) in [6.45, 7) is 1.98. The lowest BCUT2D eigenvalue weighted by Gasteiger charge is -2.20. The molecule has 1 rings (SSSR count). The molecule has 4 nitrogen and oxygen atoms in total. The monoisotopic (exact) mass is 215 g/mol. The van der Waals surface area contributed by atoms with Gasteiger partial charge in [-0.3, -0.25) is 4.79 Å². The molecule has 82 valence electrons. The zero-order chi connectivity index (χ0) is 11.5. The first-order valence-corrected chi connectivity index (χ1v) is 4.36. The Bertz CT molecular complexity index is 337. The fraction of sp³-hybridized carbons (Fsp3) is 0.444. The Kier molecular flexibility index (Phi) is 3.28. The number of nitrogens with zero attached hydrogens (tertiary/aromatic N) is 2. The Morgan fingerprint density at radius 3 is 2.73 bits per heavy atom. The summed E-state index contributed by atoms with van der Waals surface area (Å²) in [5, 5.41) is 2.16. The van der Waals surface area contributed by atoms with Crippen LogP contribution in [-0.2, 0) is 0 Å². The number of halogens is 2. The number of rotatable bonds is 3. The standard InChI is InChI=1S/C9H11F2N3O/c1-6(9(2,10)11)14-8(15)7-3-4-12-5-13-7/h3-6H,1-2H3,(H,14,15). The van der Waals surface area contributed by atoms with Gasteiger partial charge in [0, 0.05) is 13.1 Å². The van der Waals surface area contributed by atoms with E-state index in [2.05, 4.69) is 15.3 Å². The van der Waals surface area contributed by atoms with Gasteiger partial charge in [-0.25, -0.2) is 18.7 Å². The average molecular weight is 215 g/mol. The van der Waals surface area contributed by atoms with Crippen molar-refractivity contribution in [1.29, 1.82) is 0 Å². The highest BCUT2D eigenvalue weighted by Gasteiger charge is 2.31. The molecule has 6 heteroatoms. The fourth-order valence-electron chi connectivity index (χ4n) is 0.822. The van der Waals surface area contributed by atoms with Crippen molar-refractivity contribution in [1.82, 2.24) is 15.3 Å². The third kappa shape index (κ3) is 3.23. The Morgan fingerprint density at radius 1 is 1.60 bits per heavy atom. The summed E-state index contributed by atoms with van der Waals surface area (Å²) in [6.07, 6.45) is 2.56. The normalized spacial score (nSPS) is 13.3. The summed E-state index contributed by atoms with van der Waals surface area (Å²) >= 11 is 0. The Labute approximate surface area is 85.7 Å². The van der Waals surface area contributed by atoms with Gasteiger partial charge < -0.3 is 5.32 Å². The summed E-state index contributed by atoms with van der Waals surface area (Å²) < 4.78 is 25.5. The zero-order valence-corrected chi connectivity index (χ0v) is 8.37. The highest BCUT2D eigenvalue weighted by Crippen LogP contribution is 2.16. The summed E-state index contributed by atoms with van der Waals surface area (Å²) in [7, 11) is 0. The molecule has 0 fully saturated rings. The van der Waals surface area contributed by atoms with Crippen LogP contribution in [0.3, 0.4) is 0 Å². The molecule has 0 saturated heterocycles. The number of alkyl halides is 2. The van der Waals surface area contributed by atoms with Crippen LogP contribution in [0.15, 0.2) is 18.6 Å². The first kappa shape index (κ1) is 11.5. The van der Waals surface area contributed by atoms with E-state index in [-0.39, 0.29) is 5.69 Å². The van der Waals surface area contributed by atoms with Crippen LogP contribution in [-0.4, -0.2) is 27.8 Å². The van der Waals surface area contributed by atoms with E-state index in [4.69, 9.17) is 0 Å². The SMILES string of the molecule is CC(NC(=O)c1ccncn1)C(C)(F)F. The molecule has 15 heavy (non-hydrogen) atoms. The number of hydrogen-bond donors (Lipinski definition) is 1. The molecule has 1 atom stereocenters. The van der Waals surface area contributed by atoms with Gasteiger partial charge in [-0.05, 0) is 13.0 Å². The Morgan fingerprint density at radius 2 is 2.27 bits per heavy atom. The number of amides is 1. The van der Waals surface area contributed by atoms with Crippen molar-refractivity contribution in [2.45, 2.75) is 25.8 Å². The quantitative estimate of drug-likeness (QED) is 0.825. The number of hydrogen-bond acceptors (Lipinski definition) is 3. The van der Waals surface area contributed by atoms with E-state index in [0.29, 0.717) is 0 Å². The number of carbonyl (C=O) groups excluding carboxylic acids is 1. The molecule has 0 bridgehead atoms. The van der Waals surface area contributed by atoms with Crippen LogP contribution < -0.4 is 5.32 Å². The minimum atomic E-state index is -2.96. The van der Waals surface area contributed by atoms with E-state index in [1.165, 1.54) is 25.5 Å². The molecular formula is C9H11F2N3O. The molecule has 1 aromatic heterocycles. The Hall–Kier alpha value is -1.59. The van der Waals surface area contributed by atoms with Crippen LogP contribution in [0.2, 0.25) is 0 Å². The van der Waals surface area contributed by atoms with E-state index in [1.807, 2.05) is 0 Å². The highest BCUT2D eigenvalue weighted by molar-refractivity contribution is 5.92. The van der Waals surface area contributed by atoms with Gasteiger partial charge in [0.2, 0.25) is 0 Å². The minimum absolute atomic E-state index is 0.0705. The molecular weight excluding hydrogens is 204 g/mol. The smallest absolute Gasteiger partial charge is 0.270 e.